The van der Waals surface area contributed by atoms with E-state index in [0.29, 0.717) is 40.9 Å². The predicted molar refractivity (Wildman–Crippen MR) is 172 cm³/mol. The molecule has 43 heavy (non-hydrogen) atoms. The van der Waals surface area contributed by atoms with Gasteiger partial charge >= 0.3 is 0 Å². The first-order chi connectivity index (χ1) is 20.4. The van der Waals surface area contributed by atoms with Crippen molar-refractivity contribution in [2.45, 2.75) is 58.5 Å². The van der Waals surface area contributed by atoms with E-state index in [1.807, 2.05) is 20.8 Å². The predicted octanol–water partition coefficient (Wildman–Crippen LogP) is 6.48. The van der Waals surface area contributed by atoms with Crippen molar-refractivity contribution in [3.63, 3.8) is 0 Å². The maximum atomic E-state index is 14.3. The van der Waals surface area contributed by atoms with Gasteiger partial charge in [-0.3, -0.25) is 13.9 Å². The number of nitrogens with one attached hydrogen (secondary N) is 1. The van der Waals surface area contributed by atoms with E-state index >= 15 is 0 Å². The molecule has 232 valence electrons. The number of carbonyl (C=O) groups is 2. The van der Waals surface area contributed by atoms with E-state index in [4.69, 9.17) is 27.9 Å². The van der Waals surface area contributed by atoms with Crippen LogP contribution < -0.4 is 14.4 Å². The van der Waals surface area contributed by atoms with Gasteiger partial charge in [0.15, 0.2) is 0 Å². The van der Waals surface area contributed by atoms with E-state index in [-0.39, 0.29) is 29.0 Å². The first-order valence-electron chi connectivity index (χ1n) is 14.2. The zero-order valence-electron chi connectivity index (χ0n) is 25.1. The third kappa shape index (κ3) is 8.87. The summed E-state index contributed by atoms with van der Waals surface area (Å²) in [6.07, 6.45) is 0.303. The summed E-state index contributed by atoms with van der Waals surface area (Å²) in [4.78, 5) is 29.1. The maximum Gasteiger partial charge on any atom is 0.264 e. The van der Waals surface area contributed by atoms with Gasteiger partial charge in [0.1, 0.15) is 18.3 Å². The summed E-state index contributed by atoms with van der Waals surface area (Å²) < 4.78 is 35.1. The Morgan fingerprint density at radius 3 is 2.23 bits per heavy atom. The fourth-order valence-electron chi connectivity index (χ4n) is 4.47. The summed E-state index contributed by atoms with van der Waals surface area (Å²) in [5.74, 6) is -0.385. The summed E-state index contributed by atoms with van der Waals surface area (Å²) >= 11 is 12.4. The summed E-state index contributed by atoms with van der Waals surface area (Å²) in [5.41, 5.74) is 1.74. The topological polar surface area (TPSA) is 96.0 Å². The molecule has 0 spiro atoms. The molecule has 3 aromatic rings. The molecule has 0 heterocycles. The van der Waals surface area contributed by atoms with Crippen LogP contribution in [0.25, 0.3) is 0 Å². The second-order valence-electron chi connectivity index (χ2n) is 10.6. The second-order valence-corrected chi connectivity index (χ2v) is 13.2. The first kappa shape index (κ1) is 34.2. The van der Waals surface area contributed by atoms with Gasteiger partial charge < -0.3 is 15.0 Å². The van der Waals surface area contributed by atoms with Crippen molar-refractivity contribution in [1.29, 1.82) is 0 Å². The minimum atomic E-state index is -4.23. The number of para-hydroxylation sites is 2. The number of rotatable bonds is 14. The Balaban J connectivity index is 2.11. The van der Waals surface area contributed by atoms with Crippen LogP contribution in [0.2, 0.25) is 10.0 Å². The van der Waals surface area contributed by atoms with Crippen LogP contribution in [0.3, 0.4) is 0 Å². The number of benzene rings is 3. The molecule has 0 aliphatic heterocycles. The molecule has 1 atom stereocenters. The van der Waals surface area contributed by atoms with Crippen LogP contribution in [0, 0.1) is 12.8 Å². The van der Waals surface area contributed by atoms with E-state index in [2.05, 4.69) is 5.32 Å². The van der Waals surface area contributed by atoms with Crippen molar-refractivity contribution in [2.75, 3.05) is 24.0 Å². The molecule has 0 aromatic heterocycles. The first-order valence-corrected chi connectivity index (χ1v) is 16.4. The quantitative estimate of drug-likeness (QED) is 0.216. The Labute approximate surface area is 265 Å². The summed E-state index contributed by atoms with van der Waals surface area (Å²) in [6.45, 7) is 9.57. The minimum absolute atomic E-state index is 0.00878. The van der Waals surface area contributed by atoms with Crippen LogP contribution in [0.1, 0.15) is 45.2 Å². The zero-order valence-corrected chi connectivity index (χ0v) is 27.5. The number of carbonyl (C=O) groups excluding carboxylic acids is 2. The van der Waals surface area contributed by atoms with E-state index in [0.717, 1.165) is 9.87 Å². The highest BCUT2D eigenvalue weighted by Gasteiger charge is 2.34. The van der Waals surface area contributed by atoms with E-state index in [1.54, 1.807) is 68.4 Å². The van der Waals surface area contributed by atoms with Crippen molar-refractivity contribution >= 4 is 50.7 Å². The van der Waals surface area contributed by atoms with Gasteiger partial charge in [-0.1, -0.05) is 79.9 Å². The molecular weight excluding hydrogens is 609 g/mol. The Hall–Kier alpha value is -3.27. The maximum absolute atomic E-state index is 14.3. The molecule has 0 aliphatic rings. The fraction of sp³-hybridized carbons (Fsp3) is 0.375. The van der Waals surface area contributed by atoms with E-state index in [9.17, 15) is 18.0 Å². The van der Waals surface area contributed by atoms with Gasteiger partial charge in [-0.05, 0) is 68.1 Å². The van der Waals surface area contributed by atoms with Crippen LogP contribution in [-0.2, 0) is 26.2 Å². The van der Waals surface area contributed by atoms with E-state index < -0.39 is 28.5 Å². The van der Waals surface area contributed by atoms with Gasteiger partial charge in [0, 0.05) is 13.1 Å². The van der Waals surface area contributed by atoms with Crippen LogP contribution >= 0.6 is 23.2 Å². The molecular formula is C32H39Cl2N3O5S. The lowest BCUT2D eigenvalue weighted by Crippen LogP contribution is -2.52. The molecule has 3 rings (SSSR count). The third-order valence-electron chi connectivity index (χ3n) is 6.73. The third-order valence-corrected chi connectivity index (χ3v) is 9.24. The van der Waals surface area contributed by atoms with Gasteiger partial charge in [-0.2, -0.15) is 0 Å². The van der Waals surface area contributed by atoms with E-state index in [1.165, 1.54) is 17.0 Å². The average molecular weight is 649 g/mol. The largest absolute Gasteiger partial charge is 0.492 e. The molecule has 1 N–H and O–H groups in total. The van der Waals surface area contributed by atoms with Crippen molar-refractivity contribution in [2.24, 2.45) is 5.92 Å². The summed E-state index contributed by atoms with van der Waals surface area (Å²) in [6, 6.07) is 17.2. The number of aryl methyl sites for hydroxylation is 1. The Morgan fingerprint density at radius 2 is 1.63 bits per heavy atom. The zero-order chi connectivity index (χ0) is 31.7. The number of ether oxygens (including phenoxy) is 1. The molecule has 3 aromatic carbocycles. The number of halogens is 2. The number of hydrogen-bond donors (Lipinski definition) is 1. The van der Waals surface area contributed by atoms with Crippen LogP contribution in [0.5, 0.6) is 5.75 Å². The summed E-state index contributed by atoms with van der Waals surface area (Å²) in [7, 11) is -4.23. The normalized spacial score (nSPS) is 12.1. The molecule has 8 nitrogen and oxygen atoms in total. The molecule has 0 saturated heterocycles. The van der Waals surface area contributed by atoms with Crippen molar-refractivity contribution in [3.05, 3.63) is 87.9 Å². The highest BCUT2D eigenvalue weighted by atomic mass is 35.5. The second kappa shape index (κ2) is 15.5. The van der Waals surface area contributed by atoms with Crippen LogP contribution in [-0.4, -0.2) is 50.9 Å². The Morgan fingerprint density at radius 1 is 0.953 bits per heavy atom. The highest BCUT2D eigenvalue weighted by molar-refractivity contribution is 7.92. The summed E-state index contributed by atoms with van der Waals surface area (Å²) in [5, 5.41) is 3.57. The molecule has 0 bridgehead atoms. The lowest BCUT2D eigenvalue weighted by molar-refractivity contribution is -0.140. The molecule has 11 heteroatoms. The Bertz CT molecular complexity index is 1510. The molecule has 0 unspecified atom stereocenters. The number of anilines is 1. The van der Waals surface area contributed by atoms with Gasteiger partial charge in [0.2, 0.25) is 11.8 Å². The Kier molecular flexibility index (Phi) is 12.3. The van der Waals surface area contributed by atoms with Gasteiger partial charge in [0.05, 0.1) is 27.2 Å². The molecule has 0 fully saturated rings. The lowest BCUT2D eigenvalue weighted by atomic mass is 10.1. The smallest absolute Gasteiger partial charge is 0.264 e. The molecule has 0 radical (unpaired) electrons. The van der Waals surface area contributed by atoms with Gasteiger partial charge in [-0.15, -0.1) is 0 Å². The van der Waals surface area contributed by atoms with Gasteiger partial charge in [0.25, 0.3) is 10.0 Å². The number of hydrogen-bond acceptors (Lipinski definition) is 5. The molecule has 0 saturated carbocycles. The number of amides is 2. The average Bonchev–Trinajstić information content (AvgIpc) is 2.97. The van der Waals surface area contributed by atoms with Crippen molar-refractivity contribution in [1.82, 2.24) is 10.2 Å². The number of sulfonamides is 1. The van der Waals surface area contributed by atoms with Crippen molar-refractivity contribution < 1.29 is 22.7 Å². The molecule has 0 aliphatic carbocycles. The standard InChI is InChI=1S/C32H39Cl2N3O5S/c1-6-28(32(39)35-19-22(3)4)36(20-24-14-17-26(33)27(34)18-24)31(38)21-37(29-10-8-9-11-30(29)42-7-2)43(40,41)25-15-12-23(5)13-16-25/h8-18,22,28H,6-7,19-21H2,1-5H3,(H,35,39)/t28-/m0/s1. The fourth-order valence-corrected chi connectivity index (χ4v) is 6.21. The van der Waals surface area contributed by atoms with Crippen molar-refractivity contribution in [3.8, 4) is 5.75 Å². The minimum Gasteiger partial charge on any atom is -0.492 e. The lowest BCUT2D eigenvalue weighted by Gasteiger charge is -2.33. The van der Waals surface area contributed by atoms with Crippen LogP contribution in [0.4, 0.5) is 5.69 Å². The van der Waals surface area contributed by atoms with Crippen LogP contribution in [0.15, 0.2) is 71.6 Å². The SMILES string of the molecule is CCOc1ccccc1N(CC(=O)N(Cc1ccc(Cl)c(Cl)c1)[C@@H](CC)C(=O)NCC(C)C)S(=O)(=O)c1ccc(C)cc1. The monoisotopic (exact) mass is 647 g/mol. The molecule has 2 amide bonds. The number of nitrogens with zero attached hydrogens (tertiary/aromatic N) is 2. The van der Waals surface area contributed by atoms with Gasteiger partial charge in [-0.25, -0.2) is 8.42 Å². The highest BCUT2D eigenvalue weighted by Crippen LogP contribution is 2.33.